The van der Waals surface area contributed by atoms with Crippen LogP contribution >= 0.6 is 0 Å². The maximum atomic E-state index is 12.8. The molecule has 0 saturated carbocycles. The minimum Gasteiger partial charge on any atom is -0.495 e. The third-order valence-electron chi connectivity index (χ3n) is 4.39. The number of benzene rings is 2. The number of hydrogen-bond donors (Lipinski definition) is 2. The first-order chi connectivity index (χ1) is 14.6. The van der Waals surface area contributed by atoms with E-state index in [0.717, 1.165) is 0 Å². The summed E-state index contributed by atoms with van der Waals surface area (Å²) < 4.78 is 17.0. The van der Waals surface area contributed by atoms with Crippen LogP contribution in [0.3, 0.4) is 0 Å². The van der Waals surface area contributed by atoms with Gasteiger partial charge in [0.15, 0.2) is 5.58 Å². The van der Waals surface area contributed by atoms with Crippen molar-refractivity contribution in [2.45, 2.75) is 39.3 Å². The Morgan fingerprint density at radius 2 is 1.81 bits per heavy atom. The molecule has 2 aromatic carbocycles. The number of oxazole rings is 1. The van der Waals surface area contributed by atoms with Crippen molar-refractivity contribution in [3.05, 3.63) is 53.0 Å². The van der Waals surface area contributed by atoms with E-state index in [-0.39, 0.29) is 0 Å². The maximum Gasteiger partial charge on any atom is 0.420 e. The monoisotopic (exact) mass is 427 g/mol. The highest BCUT2D eigenvalue weighted by atomic mass is 16.6. The van der Waals surface area contributed by atoms with Crippen molar-refractivity contribution in [2.75, 3.05) is 17.7 Å². The Labute approximate surface area is 178 Å². The highest BCUT2D eigenvalue weighted by Gasteiger charge is 2.22. The van der Waals surface area contributed by atoms with Crippen LogP contribution in [0.4, 0.5) is 16.2 Å². The molecule has 2 amide bonds. The number of hydrogen-bond acceptors (Lipinski definition) is 6. The summed E-state index contributed by atoms with van der Waals surface area (Å²) in [4.78, 5) is 37.2. The van der Waals surface area contributed by atoms with Gasteiger partial charge in [0.25, 0.3) is 0 Å². The van der Waals surface area contributed by atoms with E-state index >= 15 is 0 Å². The molecule has 1 aromatic heterocycles. The fraction of sp³-hybridized carbons (Fsp3) is 0.318. The first-order valence-electron chi connectivity index (χ1n) is 9.68. The Morgan fingerprint density at radius 1 is 1.10 bits per heavy atom. The lowest BCUT2D eigenvalue weighted by Crippen LogP contribution is -2.29. The van der Waals surface area contributed by atoms with Gasteiger partial charge in [0.05, 0.1) is 18.3 Å². The lowest BCUT2D eigenvalue weighted by molar-refractivity contribution is -0.118. The van der Waals surface area contributed by atoms with E-state index in [1.54, 1.807) is 70.2 Å². The predicted molar refractivity (Wildman–Crippen MR) is 117 cm³/mol. The number of carbonyl (C=O) groups is 2. The SMILES string of the molecule is COc1ccc(NC(=O)C(C)n2c(=O)oc3ccccc32)cc1NC(=O)OC(C)(C)C. The van der Waals surface area contributed by atoms with Gasteiger partial charge in [-0.15, -0.1) is 0 Å². The van der Waals surface area contributed by atoms with E-state index in [1.807, 2.05) is 0 Å². The number of carbonyl (C=O) groups excluding carboxylic acids is 2. The van der Waals surface area contributed by atoms with Gasteiger partial charge < -0.3 is 19.2 Å². The second-order valence-electron chi connectivity index (χ2n) is 7.91. The number of nitrogens with zero attached hydrogens (tertiary/aromatic N) is 1. The van der Waals surface area contributed by atoms with Crippen LogP contribution in [0.2, 0.25) is 0 Å². The molecule has 0 spiro atoms. The quantitative estimate of drug-likeness (QED) is 0.633. The molecule has 1 atom stereocenters. The predicted octanol–water partition coefficient (Wildman–Crippen LogP) is 4.15. The van der Waals surface area contributed by atoms with E-state index in [2.05, 4.69) is 10.6 Å². The van der Waals surface area contributed by atoms with Crippen LogP contribution < -0.4 is 21.1 Å². The average Bonchev–Trinajstić information content (AvgIpc) is 3.01. The molecule has 1 unspecified atom stereocenters. The van der Waals surface area contributed by atoms with Gasteiger partial charge in [0, 0.05) is 5.69 Å². The zero-order valence-corrected chi connectivity index (χ0v) is 18.0. The second-order valence-corrected chi connectivity index (χ2v) is 7.91. The summed E-state index contributed by atoms with van der Waals surface area (Å²) in [7, 11) is 1.46. The minimum absolute atomic E-state index is 0.327. The zero-order chi connectivity index (χ0) is 22.8. The molecule has 0 bridgehead atoms. The van der Waals surface area contributed by atoms with Crippen molar-refractivity contribution in [1.29, 1.82) is 0 Å². The molecule has 0 fully saturated rings. The Bertz CT molecular complexity index is 1170. The molecular weight excluding hydrogens is 402 g/mol. The fourth-order valence-corrected chi connectivity index (χ4v) is 3.01. The fourth-order valence-electron chi connectivity index (χ4n) is 3.01. The summed E-state index contributed by atoms with van der Waals surface area (Å²) in [5.41, 5.74) is 0.995. The van der Waals surface area contributed by atoms with Crippen LogP contribution in [0.25, 0.3) is 11.1 Å². The summed E-state index contributed by atoms with van der Waals surface area (Å²) in [5, 5.41) is 5.36. The van der Waals surface area contributed by atoms with Crippen molar-refractivity contribution in [3.8, 4) is 5.75 Å². The largest absolute Gasteiger partial charge is 0.495 e. The molecule has 9 heteroatoms. The van der Waals surface area contributed by atoms with Crippen LogP contribution in [0.15, 0.2) is 51.7 Å². The van der Waals surface area contributed by atoms with Crippen molar-refractivity contribution < 1.29 is 23.5 Å². The number of anilines is 2. The summed E-state index contributed by atoms with van der Waals surface area (Å²) in [6.45, 7) is 6.86. The lowest BCUT2D eigenvalue weighted by Gasteiger charge is -2.20. The minimum atomic E-state index is -0.833. The second kappa shape index (κ2) is 8.55. The van der Waals surface area contributed by atoms with Gasteiger partial charge >= 0.3 is 11.8 Å². The average molecular weight is 427 g/mol. The summed E-state index contributed by atoms with van der Waals surface area (Å²) in [6.07, 6.45) is -0.654. The number of rotatable bonds is 5. The van der Waals surface area contributed by atoms with Crippen LogP contribution in [0.5, 0.6) is 5.75 Å². The lowest BCUT2D eigenvalue weighted by atomic mass is 10.2. The molecule has 3 aromatic rings. The van der Waals surface area contributed by atoms with E-state index < -0.39 is 29.4 Å². The molecule has 164 valence electrons. The molecular formula is C22H25N3O6. The number of para-hydroxylation sites is 2. The summed E-state index contributed by atoms with van der Waals surface area (Å²) in [6, 6.07) is 10.8. The Hall–Kier alpha value is -3.75. The number of methoxy groups -OCH3 is 1. The maximum absolute atomic E-state index is 12.8. The normalized spacial score (nSPS) is 12.3. The Kier molecular flexibility index (Phi) is 6.05. The van der Waals surface area contributed by atoms with Crippen LogP contribution in [0, 0.1) is 0 Å². The van der Waals surface area contributed by atoms with E-state index in [1.165, 1.54) is 11.7 Å². The molecule has 0 aliphatic carbocycles. The summed E-state index contributed by atoms with van der Waals surface area (Å²) >= 11 is 0. The van der Waals surface area contributed by atoms with Gasteiger partial charge in [-0.2, -0.15) is 0 Å². The highest BCUT2D eigenvalue weighted by Crippen LogP contribution is 2.29. The van der Waals surface area contributed by atoms with Crippen molar-refractivity contribution in [1.82, 2.24) is 4.57 Å². The molecule has 0 aliphatic rings. The first kappa shape index (κ1) is 21.9. The molecule has 0 saturated heterocycles. The standard InChI is InChI=1S/C22H25N3O6/c1-13(25-16-8-6-7-9-18(16)30-21(25)28)19(26)23-14-10-11-17(29-5)15(12-14)24-20(27)31-22(2,3)4/h6-13H,1-5H3,(H,23,26)(H,24,27). The van der Waals surface area contributed by atoms with Gasteiger partial charge in [0.1, 0.15) is 17.4 Å². The van der Waals surface area contributed by atoms with E-state index in [0.29, 0.717) is 28.2 Å². The van der Waals surface area contributed by atoms with Gasteiger partial charge in [-0.1, -0.05) is 12.1 Å². The molecule has 31 heavy (non-hydrogen) atoms. The number of nitrogens with one attached hydrogen (secondary N) is 2. The van der Waals surface area contributed by atoms with Crippen LogP contribution in [-0.2, 0) is 9.53 Å². The molecule has 0 radical (unpaired) electrons. The number of aromatic nitrogens is 1. The molecule has 0 aliphatic heterocycles. The van der Waals surface area contributed by atoms with Gasteiger partial charge in [-0.05, 0) is 58.0 Å². The third-order valence-corrected chi connectivity index (χ3v) is 4.39. The van der Waals surface area contributed by atoms with Gasteiger partial charge in [-0.25, -0.2) is 9.59 Å². The highest BCUT2D eigenvalue weighted by molar-refractivity contribution is 5.96. The topological polar surface area (TPSA) is 112 Å². The van der Waals surface area contributed by atoms with Crippen LogP contribution in [-0.4, -0.2) is 29.3 Å². The van der Waals surface area contributed by atoms with E-state index in [4.69, 9.17) is 13.9 Å². The van der Waals surface area contributed by atoms with Gasteiger partial charge in [0.2, 0.25) is 5.91 Å². The number of fused-ring (bicyclic) bond motifs is 1. The van der Waals surface area contributed by atoms with Crippen molar-refractivity contribution in [3.63, 3.8) is 0 Å². The Morgan fingerprint density at radius 3 is 2.48 bits per heavy atom. The smallest absolute Gasteiger partial charge is 0.420 e. The molecule has 2 N–H and O–H groups in total. The van der Waals surface area contributed by atoms with E-state index in [9.17, 15) is 14.4 Å². The van der Waals surface area contributed by atoms with Crippen molar-refractivity contribution >= 4 is 34.5 Å². The van der Waals surface area contributed by atoms with Crippen molar-refractivity contribution in [2.24, 2.45) is 0 Å². The molecule has 3 rings (SSSR count). The van der Waals surface area contributed by atoms with Crippen LogP contribution in [0.1, 0.15) is 33.7 Å². The molecule has 1 heterocycles. The third kappa shape index (κ3) is 5.06. The zero-order valence-electron chi connectivity index (χ0n) is 18.0. The summed E-state index contributed by atoms with van der Waals surface area (Å²) in [5.74, 6) is -0.651. The van der Waals surface area contributed by atoms with Gasteiger partial charge in [-0.3, -0.25) is 14.7 Å². The Balaban J connectivity index is 1.81. The first-order valence-corrected chi connectivity index (χ1v) is 9.68. The number of ether oxygens (including phenoxy) is 2. The molecule has 9 nitrogen and oxygen atoms in total. The number of amides is 2.